The Morgan fingerprint density at radius 3 is 2.29 bits per heavy atom. The molecule has 2 rings (SSSR count). The van der Waals surface area contributed by atoms with Crippen molar-refractivity contribution in [2.24, 2.45) is 0 Å². The molecule has 0 spiro atoms. The Bertz CT molecular complexity index is 595. The summed E-state index contributed by atoms with van der Waals surface area (Å²) in [5.41, 5.74) is 0. The number of sulfonamides is 1. The molecule has 1 aliphatic rings. The zero-order valence-electron chi connectivity index (χ0n) is 11.8. The first-order chi connectivity index (χ1) is 9.91. The molecule has 0 bridgehead atoms. The van der Waals surface area contributed by atoms with Crippen molar-refractivity contribution in [1.29, 1.82) is 0 Å². The number of rotatable bonds is 5. The van der Waals surface area contributed by atoms with Crippen molar-refractivity contribution in [3.8, 4) is 0 Å². The molecule has 0 aromatic heterocycles. The van der Waals surface area contributed by atoms with Gasteiger partial charge in [-0.05, 0) is 55.6 Å². The highest BCUT2D eigenvalue weighted by atomic mass is 35.5. The number of thioether (sulfide) groups is 1. The van der Waals surface area contributed by atoms with Crippen molar-refractivity contribution < 1.29 is 13.2 Å². The van der Waals surface area contributed by atoms with E-state index in [2.05, 4.69) is 0 Å². The van der Waals surface area contributed by atoms with Crippen LogP contribution < -0.4 is 0 Å². The zero-order chi connectivity index (χ0) is 15.5. The molecule has 116 valence electrons. The SMILES string of the molecule is CC(Sc1ccc(S(=O)(=O)N2CCCCC2)cc1)C(=O)Cl. The number of nitrogens with zero attached hydrogens (tertiary/aromatic N) is 1. The maximum atomic E-state index is 12.5. The van der Waals surface area contributed by atoms with Gasteiger partial charge in [0.15, 0.2) is 0 Å². The molecule has 1 aromatic rings. The molecular weight excluding hydrogens is 330 g/mol. The predicted molar refractivity (Wildman–Crippen MR) is 85.2 cm³/mol. The van der Waals surface area contributed by atoms with E-state index in [-0.39, 0.29) is 5.25 Å². The second kappa shape index (κ2) is 7.13. The summed E-state index contributed by atoms with van der Waals surface area (Å²) in [7, 11) is -3.39. The Balaban J connectivity index is 2.12. The molecule has 1 unspecified atom stereocenters. The number of hydrogen-bond donors (Lipinski definition) is 0. The molecular formula is C14H18ClNO3S2. The molecule has 7 heteroatoms. The lowest BCUT2D eigenvalue weighted by Crippen LogP contribution is -2.35. The maximum Gasteiger partial charge on any atom is 0.243 e. The van der Waals surface area contributed by atoms with Gasteiger partial charge in [-0.25, -0.2) is 8.42 Å². The largest absolute Gasteiger partial charge is 0.280 e. The van der Waals surface area contributed by atoms with Gasteiger partial charge in [-0.2, -0.15) is 4.31 Å². The minimum Gasteiger partial charge on any atom is -0.280 e. The van der Waals surface area contributed by atoms with E-state index in [9.17, 15) is 13.2 Å². The molecule has 0 aliphatic carbocycles. The summed E-state index contributed by atoms with van der Waals surface area (Å²) in [4.78, 5) is 12.2. The Labute approximate surface area is 134 Å². The van der Waals surface area contributed by atoms with E-state index >= 15 is 0 Å². The Morgan fingerprint density at radius 2 is 1.76 bits per heavy atom. The van der Waals surface area contributed by atoms with E-state index in [1.165, 1.54) is 11.8 Å². The monoisotopic (exact) mass is 347 g/mol. The lowest BCUT2D eigenvalue weighted by molar-refractivity contribution is -0.111. The van der Waals surface area contributed by atoms with Crippen LogP contribution in [0.4, 0.5) is 0 Å². The highest BCUT2D eigenvalue weighted by Gasteiger charge is 2.25. The standard InChI is InChI=1S/C14H18ClNO3S2/c1-11(14(15)17)20-12-5-7-13(8-6-12)21(18,19)16-9-3-2-4-10-16/h5-8,11H,2-4,9-10H2,1H3. The zero-order valence-corrected chi connectivity index (χ0v) is 14.2. The Hall–Kier alpha value is -0.560. The number of piperidine rings is 1. The molecule has 21 heavy (non-hydrogen) atoms. The van der Waals surface area contributed by atoms with Crippen LogP contribution in [0.15, 0.2) is 34.1 Å². The smallest absolute Gasteiger partial charge is 0.243 e. The van der Waals surface area contributed by atoms with Crippen LogP contribution in [-0.2, 0) is 14.8 Å². The van der Waals surface area contributed by atoms with Crippen LogP contribution in [0.5, 0.6) is 0 Å². The molecule has 1 saturated heterocycles. The fraction of sp³-hybridized carbons (Fsp3) is 0.500. The summed E-state index contributed by atoms with van der Waals surface area (Å²) in [5, 5.41) is -0.763. The van der Waals surface area contributed by atoms with E-state index in [4.69, 9.17) is 11.6 Å². The Kier molecular flexibility index (Phi) is 5.71. The molecule has 1 fully saturated rings. The van der Waals surface area contributed by atoms with E-state index in [1.807, 2.05) is 0 Å². The van der Waals surface area contributed by atoms with Crippen molar-refractivity contribution in [2.45, 2.75) is 41.2 Å². The van der Waals surface area contributed by atoms with Gasteiger partial charge in [-0.3, -0.25) is 4.79 Å². The summed E-state index contributed by atoms with van der Waals surface area (Å²) >= 11 is 6.74. The van der Waals surface area contributed by atoms with Crippen molar-refractivity contribution in [2.75, 3.05) is 13.1 Å². The number of carbonyl (C=O) groups excluding carboxylic acids is 1. The van der Waals surface area contributed by atoms with E-state index in [0.717, 1.165) is 24.2 Å². The Morgan fingerprint density at radius 1 is 1.19 bits per heavy atom. The van der Waals surface area contributed by atoms with Crippen molar-refractivity contribution in [3.05, 3.63) is 24.3 Å². The molecule has 1 heterocycles. The highest BCUT2D eigenvalue weighted by Crippen LogP contribution is 2.27. The van der Waals surface area contributed by atoms with E-state index in [1.54, 1.807) is 35.5 Å². The summed E-state index contributed by atoms with van der Waals surface area (Å²) in [5.74, 6) is 0. The normalized spacial score (nSPS) is 18.4. The number of carbonyl (C=O) groups is 1. The van der Waals surface area contributed by atoms with Gasteiger partial charge in [-0.1, -0.05) is 6.42 Å². The first kappa shape index (κ1) is 16.8. The minimum absolute atomic E-state index is 0.304. The third kappa shape index (κ3) is 4.22. The topological polar surface area (TPSA) is 54.5 Å². The number of halogens is 1. The molecule has 1 aromatic carbocycles. The van der Waals surface area contributed by atoms with Crippen LogP contribution in [0, 0.1) is 0 Å². The second-order valence-electron chi connectivity index (χ2n) is 5.00. The molecule has 4 nitrogen and oxygen atoms in total. The molecule has 1 aliphatic heterocycles. The summed E-state index contributed by atoms with van der Waals surface area (Å²) in [6.45, 7) is 2.91. The van der Waals surface area contributed by atoms with Gasteiger partial charge in [0.1, 0.15) is 0 Å². The molecule has 0 amide bonds. The van der Waals surface area contributed by atoms with Gasteiger partial charge >= 0.3 is 0 Å². The molecule has 0 N–H and O–H groups in total. The van der Waals surface area contributed by atoms with Crippen molar-refractivity contribution in [1.82, 2.24) is 4.31 Å². The molecule has 1 atom stereocenters. The van der Waals surface area contributed by atoms with Gasteiger partial charge in [0.2, 0.25) is 15.3 Å². The maximum absolute atomic E-state index is 12.5. The predicted octanol–water partition coefficient (Wildman–Crippen LogP) is 3.11. The van der Waals surface area contributed by atoms with Crippen LogP contribution >= 0.6 is 23.4 Å². The first-order valence-corrected chi connectivity index (χ1v) is 9.57. The van der Waals surface area contributed by atoms with Gasteiger partial charge in [-0.15, -0.1) is 11.8 Å². The second-order valence-corrected chi connectivity index (χ2v) is 8.73. The first-order valence-electron chi connectivity index (χ1n) is 6.87. The third-order valence-electron chi connectivity index (χ3n) is 3.41. The summed E-state index contributed by atoms with van der Waals surface area (Å²) in [6, 6.07) is 6.63. The van der Waals surface area contributed by atoms with Gasteiger partial charge in [0.25, 0.3) is 0 Å². The van der Waals surface area contributed by atoms with Crippen LogP contribution in [-0.4, -0.2) is 36.3 Å². The molecule has 0 radical (unpaired) electrons. The fourth-order valence-electron chi connectivity index (χ4n) is 2.19. The summed E-state index contributed by atoms with van der Waals surface area (Å²) in [6.07, 6.45) is 2.93. The van der Waals surface area contributed by atoms with E-state index in [0.29, 0.717) is 18.0 Å². The van der Waals surface area contributed by atoms with Gasteiger partial charge < -0.3 is 0 Å². The van der Waals surface area contributed by atoms with Crippen LogP contribution in [0.25, 0.3) is 0 Å². The van der Waals surface area contributed by atoms with Crippen molar-refractivity contribution in [3.63, 3.8) is 0 Å². The lowest BCUT2D eigenvalue weighted by atomic mass is 10.2. The highest BCUT2D eigenvalue weighted by molar-refractivity contribution is 8.00. The average Bonchev–Trinajstić information content (AvgIpc) is 2.48. The number of benzene rings is 1. The third-order valence-corrected chi connectivity index (χ3v) is 6.89. The van der Waals surface area contributed by atoms with E-state index < -0.39 is 15.3 Å². The quantitative estimate of drug-likeness (QED) is 0.606. The van der Waals surface area contributed by atoms with Gasteiger partial charge in [0, 0.05) is 18.0 Å². The summed E-state index contributed by atoms with van der Waals surface area (Å²) < 4.78 is 26.5. The lowest BCUT2D eigenvalue weighted by Gasteiger charge is -2.25. The van der Waals surface area contributed by atoms with Crippen LogP contribution in [0.1, 0.15) is 26.2 Å². The fourth-order valence-corrected chi connectivity index (χ4v) is 4.64. The van der Waals surface area contributed by atoms with Crippen molar-refractivity contribution >= 4 is 38.6 Å². The van der Waals surface area contributed by atoms with Gasteiger partial charge in [0.05, 0.1) is 10.1 Å². The average molecular weight is 348 g/mol. The minimum atomic E-state index is -3.39. The van der Waals surface area contributed by atoms with Crippen LogP contribution in [0.3, 0.4) is 0 Å². The molecule has 0 saturated carbocycles. The van der Waals surface area contributed by atoms with Crippen LogP contribution in [0.2, 0.25) is 0 Å². The number of hydrogen-bond acceptors (Lipinski definition) is 4.